The van der Waals surface area contributed by atoms with E-state index in [1.807, 2.05) is 6.92 Å². The molecule has 18 heavy (non-hydrogen) atoms. The second kappa shape index (κ2) is 7.27. The van der Waals surface area contributed by atoms with E-state index in [9.17, 15) is 9.90 Å². The molecular formula is C14H20ClNO2. The van der Waals surface area contributed by atoms with Crippen LogP contribution in [0.25, 0.3) is 0 Å². The molecular weight excluding hydrogens is 250 g/mol. The predicted molar refractivity (Wildman–Crippen MR) is 75.1 cm³/mol. The second-order valence-electron chi connectivity index (χ2n) is 4.40. The van der Waals surface area contributed by atoms with Gasteiger partial charge < -0.3 is 10.4 Å². The molecule has 3 nitrogen and oxygen atoms in total. The van der Waals surface area contributed by atoms with Crippen LogP contribution in [0.3, 0.4) is 0 Å². The highest BCUT2D eigenvalue weighted by Crippen LogP contribution is 2.27. The number of aromatic hydroxyl groups is 1. The van der Waals surface area contributed by atoms with Crippen molar-refractivity contribution in [1.82, 2.24) is 0 Å². The van der Waals surface area contributed by atoms with Crippen molar-refractivity contribution < 1.29 is 9.90 Å². The molecule has 0 spiro atoms. The van der Waals surface area contributed by atoms with Gasteiger partial charge in [-0.2, -0.15) is 0 Å². The Hall–Kier alpha value is -1.22. The average molecular weight is 270 g/mol. The van der Waals surface area contributed by atoms with Crippen LogP contribution in [-0.2, 0) is 4.79 Å². The fourth-order valence-corrected chi connectivity index (χ4v) is 2.03. The first-order valence-electron chi connectivity index (χ1n) is 6.37. The van der Waals surface area contributed by atoms with Gasteiger partial charge in [0.05, 0.1) is 10.7 Å². The molecule has 1 atom stereocenters. The van der Waals surface area contributed by atoms with E-state index in [0.717, 1.165) is 25.7 Å². The summed E-state index contributed by atoms with van der Waals surface area (Å²) in [6.07, 6.45) is 3.86. The fraction of sp³-hybridized carbons (Fsp3) is 0.500. The highest BCUT2D eigenvalue weighted by atomic mass is 35.5. The molecule has 0 heterocycles. The van der Waals surface area contributed by atoms with Gasteiger partial charge in [0.1, 0.15) is 5.75 Å². The summed E-state index contributed by atoms with van der Waals surface area (Å²) < 4.78 is 0. The monoisotopic (exact) mass is 269 g/mol. The Kier molecular flexibility index (Phi) is 5.99. The maximum Gasteiger partial charge on any atom is 0.227 e. The van der Waals surface area contributed by atoms with Crippen LogP contribution in [0.15, 0.2) is 18.2 Å². The Morgan fingerprint density at radius 1 is 1.44 bits per heavy atom. The van der Waals surface area contributed by atoms with E-state index in [4.69, 9.17) is 11.6 Å². The SMILES string of the molecule is CCCCC(CC)C(=O)Nc1ccc(O)cc1Cl. The van der Waals surface area contributed by atoms with Crippen molar-refractivity contribution in [2.24, 2.45) is 5.92 Å². The smallest absolute Gasteiger partial charge is 0.227 e. The minimum Gasteiger partial charge on any atom is -0.508 e. The van der Waals surface area contributed by atoms with E-state index in [-0.39, 0.29) is 17.6 Å². The molecule has 0 aliphatic rings. The van der Waals surface area contributed by atoms with E-state index in [0.29, 0.717) is 10.7 Å². The number of rotatable bonds is 6. The van der Waals surface area contributed by atoms with Crippen LogP contribution in [-0.4, -0.2) is 11.0 Å². The molecule has 2 N–H and O–H groups in total. The van der Waals surface area contributed by atoms with Gasteiger partial charge in [-0.05, 0) is 25.0 Å². The summed E-state index contributed by atoms with van der Waals surface area (Å²) >= 11 is 5.95. The Morgan fingerprint density at radius 3 is 2.72 bits per heavy atom. The second-order valence-corrected chi connectivity index (χ2v) is 4.81. The third kappa shape index (κ3) is 4.22. The number of phenolic OH excluding ortho intramolecular Hbond substituents is 1. The minimum absolute atomic E-state index is 0.00135. The van der Waals surface area contributed by atoms with E-state index in [1.165, 1.54) is 12.1 Å². The third-order valence-corrected chi connectivity index (χ3v) is 3.29. The number of anilines is 1. The van der Waals surface area contributed by atoms with E-state index in [2.05, 4.69) is 12.2 Å². The lowest BCUT2D eigenvalue weighted by Crippen LogP contribution is -2.22. The first-order chi connectivity index (χ1) is 8.58. The summed E-state index contributed by atoms with van der Waals surface area (Å²) in [5.41, 5.74) is 0.550. The molecule has 1 rings (SSSR count). The van der Waals surface area contributed by atoms with Crippen molar-refractivity contribution in [2.75, 3.05) is 5.32 Å². The normalized spacial score (nSPS) is 12.2. The third-order valence-electron chi connectivity index (χ3n) is 2.98. The predicted octanol–water partition coefficient (Wildman–Crippen LogP) is 4.20. The number of benzene rings is 1. The van der Waals surface area contributed by atoms with Crippen molar-refractivity contribution >= 4 is 23.2 Å². The maximum atomic E-state index is 12.1. The highest BCUT2D eigenvalue weighted by Gasteiger charge is 2.16. The van der Waals surface area contributed by atoms with Gasteiger partial charge in [0.15, 0.2) is 0 Å². The zero-order valence-electron chi connectivity index (χ0n) is 10.9. The molecule has 4 heteroatoms. The van der Waals surface area contributed by atoms with Crippen LogP contribution in [0.5, 0.6) is 5.75 Å². The zero-order chi connectivity index (χ0) is 13.5. The molecule has 0 saturated carbocycles. The van der Waals surface area contributed by atoms with Crippen LogP contribution in [0.4, 0.5) is 5.69 Å². The summed E-state index contributed by atoms with van der Waals surface area (Å²) in [6, 6.07) is 4.54. The molecule has 0 fully saturated rings. The van der Waals surface area contributed by atoms with Gasteiger partial charge in [-0.25, -0.2) is 0 Å². The Labute approximate surface area is 113 Å². The quantitative estimate of drug-likeness (QED) is 0.761. The number of halogens is 1. The van der Waals surface area contributed by atoms with Crippen LogP contribution in [0.2, 0.25) is 5.02 Å². The van der Waals surface area contributed by atoms with Crippen molar-refractivity contribution in [1.29, 1.82) is 0 Å². The summed E-state index contributed by atoms with van der Waals surface area (Å²) in [4.78, 5) is 12.1. The van der Waals surface area contributed by atoms with Crippen LogP contribution in [0.1, 0.15) is 39.5 Å². The molecule has 100 valence electrons. The molecule has 0 aromatic heterocycles. The zero-order valence-corrected chi connectivity index (χ0v) is 11.6. The van der Waals surface area contributed by atoms with Gasteiger partial charge in [-0.15, -0.1) is 0 Å². The molecule has 0 bridgehead atoms. The number of hydrogen-bond acceptors (Lipinski definition) is 2. The van der Waals surface area contributed by atoms with Crippen molar-refractivity contribution in [2.45, 2.75) is 39.5 Å². The van der Waals surface area contributed by atoms with E-state index in [1.54, 1.807) is 6.07 Å². The average Bonchev–Trinajstić information content (AvgIpc) is 2.34. The summed E-state index contributed by atoms with van der Waals surface area (Å²) in [7, 11) is 0. The number of carbonyl (C=O) groups is 1. The Morgan fingerprint density at radius 2 is 2.17 bits per heavy atom. The standard InChI is InChI=1S/C14H20ClNO2/c1-3-5-6-10(4-2)14(18)16-13-8-7-11(17)9-12(13)15/h7-10,17H,3-6H2,1-2H3,(H,16,18). The lowest BCUT2D eigenvalue weighted by atomic mass is 9.98. The van der Waals surface area contributed by atoms with E-state index < -0.39 is 0 Å². The molecule has 0 aliphatic heterocycles. The fourth-order valence-electron chi connectivity index (χ4n) is 1.81. The number of amides is 1. The number of phenols is 1. The van der Waals surface area contributed by atoms with Gasteiger partial charge in [-0.1, -0.05) is 38.3 Å². The Bertz CT molecular complexity index is 407. The van der Waals surface area contributed by atoms with Crippen molar-refractivity contribution in [3.63, 3.8) is 0 Å². The molecule has 0 aliphatic carbocycles. The molecule has 0 radical (unpaired) electrons. The van der Waals surface area contributed by atoms with Crippen molar-refractivity contribution in [3.8, 4) is 5.75 Å². The number of hydrogen-bond donors (Lipinski definition) is 2. The summed E-state index contributed by atoms with van der Waals surface area (Å²) in [5, 5.41) is 12.4. The minimum atomic E-state index is -0.00135. The maximum absolute atomic E-state index is 12.1. The molecule has 1 aromatic carbocycles. The van der Waals surface area contributed by atoms with Crippen molar-refractivity contribution in [3.05, 3.63) is 23.2 Å². The van der Waals surface area contributed by atoms with Crippen LogP contribution >= 0.6 is 11.6 Å². The van der Waals surface area contributed by atoms with Crippen LogP contribution < -0.4 is 5.32 Å². The van der Waals surface area contributed by atoms with Gasteiger partial charge in [0.2, 0.25) is 5.91 Å². The summed E-state index contributed by atoms with van der Waals surface area (Å²) in [5.74, 6) is 0.115. The number of nitrogens with one attached hydrogen (secondary N) is 1. The largest absolute Gasteiger partial charge is 0.508 e. The van der Waals surface area contributed by atoms with Gasteiger partial charge in [0, 0.05) is 12.0 Å². The molecule has 1 aromatic rings. The molecule has 0 saturated heterocycles. The van der Waals surface area contributed by atoms with E-state index >= 15 is 0 Å². The topological polar surface area (TPSA) is 49.3 Å². The lowest BCUT2D eigenvalue weighted by Gasteiger charge is -2.15. The van der Waals surface area contributed by atoms with Gasteiger partial charge in [0.25, 0.3) is 0 Å². The number of unbranched alkanes of at least 4 members (excludes halogenated alkanes) is 1. The lowest BCUT2D eigenvalue weighted by molar-refractivity contribution is -0.120. The molecule has 1 amide bonds. The number of carbonyl (C=O) groups excluding carboxylic acids is 1. The van der Waals surface area contributed by atoms with Crippen LogP contribution in [0, 0.1) is 5.92 Å². The van der Waals surface area contributed by atoms with Gasteiger partial charge >= 0.3 is 0 Å². The first kappa shape index (κ1) is 14.8. The Balaban J connectivity index is 2.67. The summed E-state index contributed by atoms with van der Waals surface area (Å²) in [6.45, 7) is 4.12. The first-order valence-corrected chi connectivity index (χ1v) is 6.75. The van der Waals surface area contributed by atoms with Gasteiger partial charge in [-0.3, -0.25) is 4.79 Å². The highest BCUT2D eigenvalue weighted by molar-refractivity contribution is 6.33. The molecule has 1 unspecified atom stereocenters.